The van der Waals surface area contributed by atoms with Crippen molar-refractivity contribution >= 4 is 0 Å². The van der Waals surface area contributed by atoms with Gasteiger partial charge in [0.05, 0.1) is 39.4 Å². The van der Waals surface area contributed by atoms with Gasteiger partial charge in [0.2, 0.25) is 0 Å². The van der Waals surface area contributed by atoms with Gasteiger partial charge in [0.25, 0.3) is 0 Å². The summed E-state index contributed by atoms with van der Waals surface area (Å²) < 4.78 is 6.16. The highest BCUT2D eigenvalue weighted by Gasteiger charge is 2.36. The summed E-state index contributed by atoms with van der Waals surface area (Å²) in [5.41, 5.74) is 11.5. The van der Waals surface area contributed by atoms with Gasteiger partial charge in [-0.25, -0.2) is 14.0 Å². The number of fused-ring (bicyclic) bond motifs is 6. The summed E-state index contributed by atoms with van der Waals surface area (Å²) in [6.45, 7) is 40.0. The molecule has 2 atom stereocenters. The van der Waals surface area contributed by atoms with Gasteiger partial charge < -0.3 is 0 Å². The Morgan fingerprint density at radius 3 is 1.66 bits per heavy atom. The summed E-state index contributed by atoms with van der Waals surface area (Å²) in [7, 11) is 0. The molecule has 59 heavy (non-hydrogen) atoms. The molecule has 3 aromatic heterocycles. The van der Waals surface area contributed by atoms with Gasteiger partial charge in [0, 0.05) is 28.7 Å². The highest BCUT2D eigenvalue weighted by Crippen LogP contribution is 2.48. The SMILES string of the molecule is CC(C)(C)C1CCCCCc2c1nnn2C(C)(C)C.CC(C)(C)C1Cc2ccccc2-c2c(nnn2C(C)(C)C)-c2ccccc21.CC(C)(C)c1cn(C(C)(C)C)nn1. The van der Waals surface area contributed by atoms with Crippen molar-refractivity contribution in [3.63, 3.8) is 0 Å². The van der Waals surface area contributed by atoms with Crippen LogP contribution < -0.4 is 0 Å². The Morgan fingerprint density at radius 1 is 0.542 bits per heavy atom. The zero-order chi connectivity index (χ0) is 43.9. The van der Waals surface area contributed by atoms with E-state index in [-0.39, 0.29) is 32.9 Å². The van der Waals surface area contributed by atoms with Crippen LogP contribution in [0.3, 0.4) is 0 Å². The van der Waals surface area contributed by atoms with Crippen molar-refractivity contribution in [3.8, 4) is 22.5 Å². The van der Waals surface area contributed by atoms with Crippen molar-refractivity contribution in [1.82, 2.24) is 45.0 Å². The van der Waals surface area contributed by atoms with Crippen LogP contribution in [0.25, 0.3) is 22.5 Å². The molecular weight excluding hydrogens is 727 g/mol. The Kier molecular flexibility index (Phi) is 13.0. The molecule has 0 N–H and O–H groups in total. The Bertz CT molecular complexity index is 2130. The Morgan fingerprint density at radius 2 is 1.12 bits per heavy atom. The van der Waals surface area contributed by atoms with Crippen LogP contribution in [0.2, 0.25) is 0 Å². The van der Waals surface area contributed by atoms with Gasteiger partial charge in [-0.05, 0) is 116 Å². The maximum atomic E-state index is 4.69. The Balaban J connectivity index is 0.000000181. The first-order valence-corrected chi connectivity index (χ1v) is 22.1. The fourth-order valence-electron chi connectivity index (χ4n) is 8.31. The van der Waals surface area contributed by atoms with Crippen molar-refractivity contribution in [1.29, 1.82) is 0 Å². The standard InChI is InChI=1S/C24H29N3.C16H29N3.C10H19N3/c1-23(2,3)20-15-16-11-7-8-12-17(16)22-21(19-14-10-9-13-18(19)20)25-26-27(22)24(4,5)6;1-15(2,3)12-10-8-7-9-11-13-14(12)17-18-19(13)16(4,5)6;1-9(2,3)8-7-13(12-11-8)10(4,5)6/h7-14,20H,15H2,1-6H3;12H,7-11H2,1-6H3;7H,1-6H3. The maximum Gasteiger partial charge on any atom is 0.121 e. The minimum absolute atomic E-state index is 0.0243. The van der Waals surface area contributed by atoms with Crippen LogP contribution in [0.15, 0.2) is 54.7 Å². The molecule has 0 aliphatic heterocycles. The molecule has 2 unspecified atom stereocenters. The molecule has 0 bridgehead atoms. The highest BCUT2D eigenvalue weighted by molar-refractivity contribution is 5.83. The average molecular weight is 804 g/mol. The third-order valence-electron chi connectivity index (χ3n) is 11.8. The number of nitrogens with zero attached hydrogens (tertiary/aromatic N) is 9. The van der Waals surface area contributed by atoms with Crippen molar-refractivity contribution in [2.75, 3.05) is 0 Å². The lowest BCUT2D eigenvalue weighted by atomic mass is 9.70. The lowest BCUT2D eigenvalue weighted by molar-refractivity contribution is 0.284. The number of hydrogen-bond acceptors (Lipinski definition) is 6. The second-order valence-electron chi connectivity index (χ2n) is 23.2. The van der Waals surface area contributed by atoms with Gasteiger partial charge in [-0.15, -0.1) is 15.3 Å². The van der Waals surface area contributed by atoms with E-state index in [1.165, 1.54) is 59.3 Å². The monoisotopic (exact) mass is 804 g/mol. The Hall–Kier alpha value is -4.14. The van der Waals surface area contributed by atoms with E-state index in [1.54, 1.807) is 0 Å². The fourth-order valence-corrected chi connectivity index (χ4v) is 8.31. The van der Waals surface area contributed by atoms with Crippen LogP contribution in [-0.4, -0.2) is 45.0 Å². The van der Waals surface area contributed by atoms with Crippen molar-refractivity contribution in [3.05, 3.63) is 82.9 Å². The molecule has 0 fully saturated rings. The predicted molar refractivity (Wildman–Crippen MR) is 245 cm³/mol. The van der Waals surface area contributed by atoms with Crippen LogP contribution in [0.4, 0.5) is 0 Å². The topological polar surface area (TPSA) is 92.1 Å². The summed E-state index contributed by atoms with van der Waals surface area (Å²) in [5.74, 6) is 0.960. The number of benzene rings is 2. The molecule has 0 amide bonds. The van der Waals surface area contributed by atoms with Gasteiger partial charge in [-0.1, -0.05) is 139 Å². The normalized spacial score (nSPS) is 17.6. The van der Waals surface area contributed by atoms with E-state index in [0.29, 0.717) is 11.8 Å². The van der Waals surface area contributed by atoms with Crippen LogP contribution in [0, 0.1) is 10.8 Å². The summed E-state index contributed by atoms with van der Waals surface area (Å²) in [4.78, 5) is 0. The van der Waals surface area contributed by atoms with Crippen molar-refractivity contribution < 1.29 is 0 Å². The molecule has 9 heteroatoms. The van der Waals surface area contributed by atoms with E-state index in [0.717, 1.165) is 29.9 Å². The Labute approximate surface area is 357 Å². The molecule has 3 heterocycles. The first-order chi connectivity index (χ1) is 27.1. The second-order valence-corrected chi connectivity index (χ2v) is 23.2. The van der Waals surface area contributed by atoms with E-state index >= 15 is 0 Å². The minimum atomic E-state index is -0.134. The maximum absolute atomic E-state index is 4.69. The number of hydrogen-bond donors (Lipinski definition) is 0. The molecule has 2 aliphatic carbocycles. The van der Waals surface area contributed by atoms with Crippen LogP contribution in [-0.2, 0) is 34.9 Å². The molecule has 0 saturated heterocycles. The molecule has 9 nitrogen and oxygen atoms in total. The highest BCUT2D eigenvalue weighted by atomic mass is 15.5. The van der Waals surface area contributed by atoms with Crippen molar-refractivity contribution in [2.24, 2.45) is 10.8 Å². The number of rotatable bonds is 0. The summed E-state index contributed by atoms with van der Waals surface area (Å²) in [6.07, 6.45) is 9.36. The zero-order valence-corrected chi connectivity index (χ0v) is 40.1. The molecule has 0 saturated carbocycles. The van der Waals surface area contributed by atoms with Crippen LogP contribution >= 0.6 is 0 Å². The molecule has 0 spiro atoms. The first kappa shape index (κ1) is 45.9. The van der Waals surface area contributed by atoms with E-state index in [9.17, 15) is 0 Å². The summed E-state index contributed by atoms with van der Waals surface area (Å²) >= 11 is 0. The summed E-state index contributed by atoms with van der Waals surface area (Å²) in [5, 5.41) is 26.7. The third kappa shape index (κ3) is 10.6. The minimum Gasteiger partial charge on any atom is -0.247 e. The number of aromatic nitrogens is 9. The molecule has 5 aromatic rings. The van der Waals surface area contributed by atoms with Gasteiger partial charge in [0.15, 0.2) is 0 Å². The molecule has 0 radical (unpaired) electrons. The largest absolute Gasteiger partial charge is 0.247 e. The predicted octanol–water partition coefficient (Wildman–Crippen LogP) is 12.7. The first-order valence-electron chi connectivity index (χ1n) is 22.1. The molecule has 322 valence electrons. The quantitative estimate of drug-likeness (QED) is 0.155. The summed E-state index contributed by atoms with van der Waals surface area (Å²) in [6, 6.07) is 17.5. The van der Waals surface area contributed by atoms with E-state index in [2.05, 4.69) is 208 Å². The fraction of sp³-hybridized carbons (Fsp3) is 0.640. The third-order valence-corrected chi connectivity index (χ3v) is 11.8. The molecule has 2 aliphatic rings. The second kappa shape index (κ2) is 16.7. The molecule has 7 rings (SSSR count). The van der Waals surface area contributed by atoms with Gasteiger partial charge in [0.1, 0.15) is 5.69 Å². The lowest BCUT2D eigenvalue weighted by Gasteiger charge is -2.35. The van der Waals surface area contributed by atoms with Crippen LogP contribution in [0.1, 0.15) is 190 Å². The van der Waals surface area contributed by atoms with Crippen molar-refractivity contribution in [2.45, 2.75) is 197 Å². The van der Waals surface area contributed by atoms with E-state index in [4.69, 9.17) is 5.10 Å². The van der Waals surface area contributed by atoms with Gasteiger partial charge >= 0.3 is 0 Å². The smallest absolute Gasteiger partial charge is 0.121 e. The molecular formula is C50H77N9. The average Bonchev–Trinajstić information content (AvgIpc) is 3.85. The van der Waals surface area contributed by atoms with E-state index in [1.807, 2.05) is 10.9 Å². The zero-order valence-electron chi connectivity index (χ0n) is 40.1. The lowest BCUT2D eigenvalue weighted by Crippen LogP contribution is -2.27. The van der Waals surface area contributed by atoms with Gasteiger partial charge in [-0.2, -0.15) is 0 Å². The van der Waals surface area contributed by atoms with Crippen LogP contribution in [0.5, 0.6) is 0 Å². The molecule has 2 aromatic carbocycles. The van der Waals surface area contributed by atoms with Gasteiger partial charge in [-0.3, -0.25) is 0 Å². The van der Waals surface area contributed by atoms with E-state index < -0.39 is 0 Å².